The van der Waals surface area contributed by atoms with E-state index in [2.05, 4.69) is 0 Å². The maximum atomic E-state index is 12.1. The van der Waals surface area contributed by atoms with Crippen LogP contribution in [0.3, 0.4) is 0 Å². The van der Waals surface area contributed by atoms with Crippen molar-refractivity contribution in [2.75, 3.05) is 12.4 Å². The monoisotopic (exact) mass is 247 g/mol. The number of carbonyl (C=O) groups is 1. The summed E-state index contributed by atoms with van der Waals surface area (Å²) in [4.78, 5) is 10.8. The van der Waals surface area contributed by atoms with Crippen LogP contribution < -0.4 is 10.1 Å². The maximum absolute atomic E-state index is 12.1. The summed E-state index contributed by atoms with van der Waals surface area (Å²) in [5, 5.41) is 1.81. The van der Waals surface area contributed by atoms with Crippen molar-refractivity contribution in [2.24, 2.45) is 0 Å². The van der Waals surface area contributed by atoms with Crippen molar-refractivity contribution in [3.05, 3.63) is 23.3 Å². The first-order valence-corrected chi connectivity index (χ1v) is 4.79. The van der Waals surface area contributed by atoms with Crippen LogP contribution >= 0.6 is 0 Å². The zero-order chi connectivity index (χ0) is 13.2. The number of hydrogen-bond donors (Lipinski definition) is 1. The maximum Gasteiger partial charge on any atom is 0.471 e. The summed E-state index contributed by atoms with van der Waals surface area (Å²) in [5.41, 5.74) is 1.34. The van der Waals surface area contributed by atoms with Gasteiger partial charge in [0, 0.05) is 11.3 Å². The van der Waals surface area contributed by atoms with E-state index in [9.17, 15) is 18.0 Å². The number of rotatable bonds is 2. The van der Waals surface area contributed by atoms with Crippen LogP contribution in [0.1, 0.15) is 11.1 Å². The zero-order valence-electron chi connectivity index (χ0n) is 9.61. The van der Waals surface area contributed by atoms with Gasteiger partial charge in [0.1, 0.15) is 5.75 Å². The zero-order valence-corrected chi connectivity index (χ0v) is 9.61. The Kier molecular flexibility index (Phi) is 3.65. The highest BCUT2D eigenvalue weighted by molar-refractivity contribution is 5.95. The van der Waals surface area contributed by atoms with Crippen molar-refractivity contribution in [1.29, 1.82) is 0 Å². The first-order valence-electron chi connectivity index (χ1n) is 4.79. The molecule has 0 saturated heterocycles. The average Bonchev–Trinajstić information content (AvgIpc) is 2.21. The number of benzene rings is 1. The van der Waals surface area contributed by atoms with Crippen LogP contribution in [0.4, 0.5) is 18.9 Å². The Morgan fingerprint density at radius 3 is 2.35 bits per heavy atom. The van der Waals surface area contributed by atoms with Crippen molar-refractivity contribution in [3.8, 4) is 5.75 Å². The number of nitrogens with one attached hydrogen (secondary N) is 1. The number of anilines is 1. The van der Waals surface area contributed by atoms with E-state index in [-0.39, 0.29) is 5.69 Å². The SMILES string of the molecule is COc1c(C)ccc(NC(=O)C(F)(F)F)c1C. The van der Waals surface area contributed by atoms with Gasteiger partial charge in [-0.2, -0.15) is 13.2 Å². The summed E-state index contributed by atoms with van der Waals surface area (Å²) in [7, 11) is 1.42. The number of alkyl halides is 3. The van der Waals surface area contributed by atoms with E-state index in [4.69, 9.17) is 4.74 Å². The normalized spacial score (nSPS) is 11.2. The largest absolute Gasteiger partial charge is 0.496 e. The molecule has 0 atom stereocenters. The van der Waals surface area contributed by atoms with E-state index in [1.807, 2.05) is 5.32 Å². The second-order valence-electron chi connectivity index (χ2n) is 3.54. The third kappa shape index (κ3) is 2.89. The molecule has 3 nitrogen and oxygen atoms in total. The summed E-state index contributed by atoms with van der Waals surface area (Å²) in [6.45, 7) is 3.35. The third-order valence-electron chi connectivity index (χ3n) is 2.31. The lowest BCUT2D eigenvalue weighted by atomic mass is 10.1. The first-order chi connectivity index (χ1) is 7.77. The highest BCUT2D eigenvalue weighted by atomic mass is 19.4. The number of amides is 1. The molecule has 0 heterocycles. The lowest BCUT2D eigenvalue weighted by Gasteiger charge is -2.14. The lowest BCUT2D eigenvalue weighted by Crippen LogP contribution is -2.30. The molecule has 1 amide bonds. The van der Waals surface area contributed by atoms with Gasteiger partial charge in [-0.25, -0.2) is 0 Å². The molecular formula is C11H12F3NO2. The fourth-order valence-electron chi connectivity index (χ4n) is 1.47. The van der Waals surface area contributed by atoms with E-state index in [0.717, 1.165) is 5.56 Å². The van der Waals surface area contributed by atoms with Gasteiger partial charge in [-0.15, -0.1) is 0 Å². The Bertz CT molecular complexity index is 441. The molecular weight excluding hydrogens is 235 g/mol. The van der Waals surface area contributed by atoms with Gasteiger partial charge in [-0.1, -0.05) is 6.07 Å². The van der Waals surface area contributed by atoms with E-state index in [1.54, 1.807) is 19.9 Å². The van der Waals surface area contributed by atoms with Gasteiger partial charge in [0.25, 0.3) is 0 Å². The average molecular weight is 247 g/mol. The molecule has 1 aromatic carbocycles. The fraction of sp³-hybridized carbons (Fsp3) is 0.364. The molecule has 0 aliphatic carbocycles. The van der Waals surface area contributed by atoms with E-state index in [0.29, 0.717) is 11.3 Å². The molecule has 0 aliphatic heterocycles. The Morgan fingerprint density at radius 2 is 1.88 bits per heavy atom. The molecule has 1 aromatic rings. The van der Waals surface area contributed by atoms with Gasteiger partial charge in [-0.3, -0.25) is 4.79 Å². The summed E-state index contributed by atoms with van der Waals surface area (Å²) >= 11 is 0. The van der Waals surface area contributed by atoms with Gasteiger partial charge < -0.3 is 10.1 Å². The highest BCUT2D eigenvalue weighted by Crippen LogP contribution is 2.30. The number of carbonyl (C=O) groups excluding carboxylic acids is 1. The van der Waals surface area contributed by atoms with Crippen molar-refractivity contribution >= 4 is 11.6 Å². The molecule has 1 rings (SSSR count). The third-order valence-corrected chi connectivity index (χ3v) is 2.31. The lowest BCUT2D eigenvalue weighted by molar-refractivity contribution is -0.167. The molecule has 0 aliphatic rings. The molecule has 0 saturated carbocycles. The Hall–Kier alpha value is -1.72. The molecule has 0 fully saturated rings. The number of methoxy groups -OCH3 is 1. The quantitative estimate of drug-likeness (QED) is 0.872. The molecule has 0 unspecified atom stereocenters. The molecule has 0 aromatic heterocycles. The van der Waals surface area contributed by atoms with E-state index < -0.39 is 12.1 Å². The predicted molar refractivity (Wildman–Crippen MR) is 57.2 cm³/mol. The number of ether oxygens (including phenoxy) is 1. The van der Waals surface area contributed by atoms with Crippen molar-refractivity contribution in [3.63, 3.8) is 0 Å². The topological polar surface area (TPSA) is 38.3 Å². The fourth-order valence-corrected chi connectivity index (χ4v) is 1.47. The van der Waals surface area contributed by atoms with Crippen molar-refractivity contribution in [1.82, 2.24) is 0 Å². The summed E-state index contributed by atoms with van der Waals surface area (Å²) < 4.78 is 41.3. The Balaban J connectivity index is 3.05. The predicted octanol–water partition coefficient (Wildman–Crippen LogP) is 2.81. The second kappa shape index (κ2) is 4.65. The molecule has 6 heteroatoms. The van der Waals surface area contributed by atoms with Crippen LogP contribution in [-0.2, 0) is 4.79 Å². The Morgan fingerprint density at radius 1 is 1.29 bits per heavy atom. The van der Waals surface area contributed by atoms with Gasteiger partial charge in [0.15, 0.2) is 0 Å². The van der Waals surface area contributed by atoms with Crippen LogP contribution in [0.15, 0.2) is 12.1 Å². The van der Waals surface area contributed by atoms with Crippen LogP contribution in [-0.4, -0.2) is 19.2 Å². The van der Waals surface area contributed by atoms with Crippen LogP contribution in [0, 0.1) is 13.8 Å². The van der Waals surface area contributed by atoms with Crippen LogP contribution in [0.5, 0.6) is 5.75 Å². The number of hydrogen-bond acceptors (Lipinski definition) is 2. The van der Waals surface area contributed by atoms with E-state index in [1.165, 1.54) is 13.2 Å². The molecule has 94 valence electrons. The van der Waals surface area contributed by atoms with Crippen LogP contribution in [0.2, 0.25) is 0 Å². The van der Waals surface area contributed by atoms with Gasteiger partial charge in [0.05, 0.1) is 7.11 Å². The summed E-state index contributed by atoms with van der Waals surface area (Å²) in [5.74, 6) is -1.53. The highest BCUT2D eigenvalue weighted by Gasteiger charge is 2.38. The number of halogens is 3. The van der Waals surface area contributed by atoms with Gasteiger partial charge in [0.2, 0.25) is 0 Å². The molecule has 1 N–H and O–H groups in total. The van der Waals surface area contributed by atoms with Crippen molar-refractivity contribution < 1.29 is 22.7 Å². The minimum absolute atomic E-state index is 0.0924. The van der Waals surface area contributed by atoms with E-state index >= 15 is 0 Å². The minimum Gasteiger partial charge on any atom is -0.496 e. The summed E-state index contributed by atoms with van der Waals surface area (Å²) in [6, 6.07) is 2.99. The number of aryl methyl sites for hydroxylation is 1. The molecule has 0 bridgehead atoms. The van der Waals surface area contributed by atoms with Gasteiger partial charge >= 0.3 is 12.1 Å². The molecule has 0 radical (unpaired) electrons. The molecule has 17 heavy (non-hydrogen) atoms. The van der Waals surface area contributed by atoms with Gasteiger partial charge in [-0.05, 0) is 25.5 Å². The smallest absolute Gasteiger partial charge is 0.471 e. The van der Waals surface area contributed by atoms with Crippen LogP contribution in [0.25, 0.3) is 0 Å². The first kappa shape index (κ1) is 13.3. The van der Waals surface area contributed by atoms with Crippen molar-refractivity contribution in [2.45, 2.75) is 20.0 Å². The summed E-state index contributed by atoms with van der Waals surface area (Å²) in [6.07, 6.45) is -4.90. The second-order valence-corrected chi connectivity index (χ2v) is 3.54. The Labute approximate surface area is 96.6 Å². The molecule has 0 spiro atoms. The standard InChI is InChI=1S/C11H12F3NO2/c1-6-4-5-8(7(2)9(6)17-3)15-10(16)11(12,13)14/h4-5H,1-3H3,(H,15,16). The minimum atomic E-state index is -4.90.